The normalized spacial score (nSPS) is 14.2. The number of hydrogen-bond donors (Lipinski definition) is 1. The maximum Gasteiger partial charge on any atom is 0.335 e. The average molecular weight is 273 g/mol. The smallest absolute Gasteiger partial charge is 0.335 e. The van der Waals surface area contributed by atoms with Gasteiger partial charge in [0.25, 0.3) is 5.69 Å². The van der Waals surface area contributed by atoms with Crippen molar-refractivity contribution in [2.45, 2.75) is 18.8 Å². The molecule has 0 bridgehead atoms. The molecule has 0 atom stereocenters. The first kappa shape index (κ1) is 12.3. The van der Waals surface area contributed by atoms with Gasteiger partial charge in [-0.3, -0.25) is 10.1 Å². The minimum atomic E-state index is -1.13. The number of carbonyl (C=O) groups is 1. The predicted octanol–water partition coefficient (Wildman–Crippen LogP) is 2.36. The fraction of sp³-hybridized carbons (Fsp3) is 0.231. The molecule has 1 aliphatic carbocycles. The van der Waals surface area contributed by atoms with E-state index in [1.807, 2.05) is 6.07 Å². The summed E-state index contributed by atoms with van der Waals surface area (Å²) >= 11 is 0. The molecule has 1 heterocycles. The van der Waals surface area contributed by atoms with Crippen molar-refractivity contribution in [3.63, 3.8) is 0 Å². The zero-order valence-electron chi connectivity index (χ0n) is 10.4. The molecular formula is C13H11N3O4. The second-order valence-corrected chi connectivity index (χ2v) is 4.73. The Bertz CT molecular complexity index is 703. The number of benzene rings is 1. The Labute approximate surface area is 113 Å². The third kappa shape index (κ3) is 2.13. The van der Waals surface area contributed by atoms with Crippen LogP contribution in [0.1, 0.15) is 34.8 Å². The molecule has 0 spiro atoms. The minimum Gasteiger partial charge on any atom is -0.478 e. The fourth-order valence-electron chi connectivity index (χ4n) is 2.06. The molecule has 3 rings (SSSR count). The number of carboxylic acid groups (broad SMARTS) is 1. The van der Waals surface area contributed by atoms with Gasteiger partial charge >= 0.3 is 5.97 Å². The second-order valence-electron chi connectivity index (χ2n) is 4.73. The summed E-state index contributed by atoms with van der Waals surface area (Å²) in [5, 5.41) is 24.3. The van der Waals surface area contributed by atoms with E-state index in [-0.39, 0.29) is 16.9 Å². The van der Waals surface area contributed by atoms with E-state index in [2.05, 4.69) is 5.10 Å². The Hall–Kier alpha value is -2.70. The summed E-state index contributed by atoms with van der Waals surface area (Å²) in [5.41, 5.74) is 0.886. The Kier molecular flexibility index (Phi) is 2.74. The predicted molar refractivity (Wildman–Crippen MR) is 69.2 cm³/mol. The number of nitro benzene ring substituents is 1. The van der Waals surface area contributed by atoms with E-state index in [0.29, 0.717) is 5.92 Å². The summed E-state index contributed by atoms with van der Waals surface area (Å²) in [4.78, 5) is 21.5. The lowest BCUT2D eigenvalue weighted by Crippen LogP contribution is -2.05. The third-order valence-electron chi connectivity index (χ3n) is 3.27. The van der Waals surface area contributed by atoms with Crippen LogP contribution in [-0.4, -0.2) is 25.8 Å². The molecule has 1 N–H and O–H groups in total. The van der Waals surface area contributed by atoms with Crippen molar-refractivity contribution in [3.8, 4) is 5.69 Å². The molecule has 1 aliphatic rings. The summed E-state index contributed by atoms with van der Waals surface area (Å²) in [6, 6.07) is 5.49. The lowest BCUT2D eigenvalue weighted by Gasteiger charge is -2.04. The standard InChI is InChI=1S/C13H11N3O4/c17-13(18)9-3-4-11(16(19)20)12(7-9)15-6-5-10(14-15)8-1-2-8/h3-8H,1-2H2,(H,17,18). The van der Waals surface area contributed by atoms with Gasteiger partial charge in [-0.1, -0.05) is 0 Å². The maximum absolute atomic E-state index is 11.0. The Balaban J connectivity index is 2.10. The number of aromatic carboxylic acids is 1. The highest BCUT2D eigenvalue weighted by Crippen LogP contribution is 2.39. The van der Waals surface area contributed by atoms with Gasteiger partial charge in [-0.05, 0) is 31.0 Å². The number of rotatable bonds is 4. The highest BCUT2D eigenvalue weighted by molar-refractivity contribution is 5.89. The summed E-state index contributed by atoms with van der Waals surface area (Å²) in [7, 11) is 0. The quantitative estimate of drug-likeness (QED) is 0.681. The van der Waals surface area contributed by atoms with Gasteiger partial charge < -0.3 is 5.11 Å². The van der Waals surface area contributed by atoms with Crippen LogP contribution in [0.15, 0.2) is 30.5 Å². The molecular weight excluding hydrogens is 262 g/mol. The molecule has 7 nitrogen and oxygen atoms in total. The summed E-state index contributed by atoms with van der Waals surface area (Å²) in [6.07, 6.45) is 3.78. The third-order valence-corrected chi connectivity index (χ3v) is 3.27. The second kappa shape index (κ2) is 4.44. The van der Waals surface area contributed by atoms with Crippen molar-refractivity contribution in [2.24, 2.45) is 0 Å². The number of nitrogens with zero attached hydrogens (tertiary/aromatic N) is 3. The number of hydrogen-bond acceptors (Lipinski definition) is 4. The number of carboxylic acids is 1. The molecule has 0 amide bonds. The van der Waals surface area contributed by atoms with E-state index in [9.17, 15) is 14.9 Å². The van der Waals surface area contributed by atoms with Crippen molar-refractivity contribution in [1.29, 1.82) is 0 Å². The van der Waals surface area contributed by atoms with E-state index >= 15 is 0 Å². The van der Waals surface area contributed by atoms with Crippen LogP contribution in [0.2, 0.25) is 0 Å². The van der Waals surface area contributed by atoms with Crippen molar-refractivity contribution < 1.29 is 14.8 Å². The van der Waals surface area contributed by atoms with Crippen LogP contribution in [0.4, 0.5) is 5.69 Å². The molecule has 0 radical (unpaired) electrons. The van der Waals surface area contributed by atoms with Crippen LogP contribution in [0, 0.1) is 10.1 Å². The van der Waals surface area contributed by atoms with Gasteiger partial charge in [-0.2, -0.15) is 5.10 Å². The Morgan fingerprint density at radius 2 is 2.15 bits per heavy atom. The zero-order chi connectivity index (χ0) is 14.3. The average Bonchev–Trinajstić information content (AvgIpc) is 3.15. The van der Waals surface area contributed by atoms with Gasteiger partial charge in [0.05, 0.1) is 16.2 Å². The van der Waals surface area contributed by atoms with Crippen LogP contribution in [0.3, 0.4) is 0 Å². The van der Waals surface area contributed by atoms with Crippen LogP contribution in [0.5, 0.6) is 0 Å². The van der Waals surface area contributed by atoms with Crippen molar-refractivity contribution >= 4 is 11.7 Å². The first-order valence-electron chi connectivity index (χ1n) is 6.14. The molecule has 0 saturated heterocycles. The first-order valence-corrected chi connectivity index (χ1v) is 6.14. The molecule has 1 saturated carbocycles. The van der Waals surface area contributed by atoms with Gasteiger partial charge in [0.2, 0.25) is 0 Å². The van der Waals surface area contributed by atoms with E-state index in [1.165, 1.54) is 22.9 Å². The van der Waals surface area contributed by atoms with E-state index in [4.69, 9.17) is 5.11 Å². The Morgan fingerprint density at radius 3 is 2.75 bits per heavy atom. The molecule has 2 aromatic rings. The van der Waals surface area contributed by atoms with Crippen LogP contribution < -0.4 is 0 Å². The van der Waals surface area contributed by atoms with E-state index < -0.39 is 10.9 Å². The van der Waals surface area contributed by atoms with Crippen LogP contribution in [0.25, 0.3) is 5.69 Å². The number of nitro groups is 1. The van der Waals surface area contributed by atoms with Crippen molar-refractivity contribution in [3.05, 3.63) is 51.8 Å². The van der Waals surface area contributed by atoms with Gasteiger partial charge in [-0.25, -0.2) is 9.48 Å². The molecule has 1 aromatic heterocycles. The monoisotopic (exact) mass is 273 g/mol. The lowest BCUT2D eigenvalue weighted by molar-refractivity contribution is -0.384. The molecule has 102 valence electrons. The molecule has 1 aromatic carbocycles. The number of aromatic nitrogens is 2. The summed E-state index contributed by atoms with van der Waals surface area (Å²) < 4.78 is 1.37. The van der Waals surface area contributed by atoms with E-state index in [0.717, 1.165) is 18.5 Å². The zero-order valence-corrected chi connectivity index (χ0v) is 10.4. The van der Waals surface area contributed by atoms with E-state index in [1.54, 1.807) is 6.20 Å². The summed E-state index contributed by atoms with van der Waals surface area (Å²) in [6.45, 7) is 0. The Morgan fingerprint density at radius 1 is 1.40 bits per heavy atom. The molecule has 0 unspecified atom stereocenters. The SMILES string of the molecule is O=C(O)c1ccc([N+](=O)[O-])c(-n2ccc(C3CC3)n2)c1. The van der Waals surface area contributed by atoms with Crippen molar-refractivity contribution in [1.82, 2.24) is 9.78 Å². The molecule has 20 heavy (non-hydrogen) atoms. The van der Waals surface area contributed by atoms with Gasteiger partial charge in [0.15, 0.2) is 0 Å². The first-order chi connectivity index (χ1) is 9.56. The van der Waals surface area contributed by atoms with Gasteiger partial charge in [0, 0.05) is 18.2 Å². The van der Waals surface area contributed by atoms with Crippen LogP contribution in [-0.2, 0) is 0 Å². The van der Waals surface area contributed by atoms with Gasteiger partial charge in [0.1, 0.15) is 5.69 Å². The largest absolute Gasteiger partial charge is 0.478 e. The molecule has 7 heteroatoms. The fourth-order valence-corrected chi connectivity index (χ4v) is 2.06. The highest BCUT2D eigenvalue weighted by Gasteiger charge is 2.27. The molecule has 0 aliphatic heterocycles. The summed E-state index contributed by atoms with van der Waals surface area (Å²) in [5.74, 6) is -0.700. The van der Waals surface area contributed by atoms with Gasteiger partial charge in [-0.15, -0.1) is 0 Å². The minimum absolute atomic E-state index is 0.00549. The molecule has 1 fully saturated rings. The maximum atomic E-state index is 11.0. The topological polar surface area (TPSA) is 98.3 Å². The van der Waals surface area contributed by atoms with Crippen LogP contribution >= 0.6 is 0 Å². The highest BCUT2D eigenvalue weighted by atomic mass is 16.6. The lowest BCUT2D eigenvalue weighted by atomic mass is 10.2. The van der Waals surface area contributed by atoms with Crippen molar-refractivity contribution in [2.75, 3.05) is 0 Å².